The SMILES string of the molecule is CCOC(=O)c1cc(CC)sc1NC(=O)CNCC(=O)NC. The van der Waals surface area contributed by atoms with Gasteiger partial charge in [-0.25, -0.2) is 4.79 Å². The van der Waals surface area contributed by atoms with Gasteiger partial charge in [-0.2, -0.15) is 0 Å². The molecule has 0 spiro atoms. The van der Waals surface area contributed by atoms with E-state index in [1.165, 1.54) is 18.4 Å². The van der Waals surface area contributed by atoms with Crippen LogP contribution in [-0.2, 0) is 20.7 Å². The van der Waals surface area contributed by atoms with E-state index in [9.17, 15) is 14.4 Å². The highest BCUT2D eigenvalue weighted by molar-refractivity contribution is 7.16. The third-order valence-corrected chi connectivity index (χ3v) is 3.92. The Balaban J connectivity index is 2.67. The quantitative estimate of drug-likeness (QED) is 0.613. The number of rotatable bonds is 8. The number of ether oxygens (including phenoxy) is 1. The van der Waals surface area contributed by atoms with Gasteiger partial charge in [0, 0.05) is 11.9 Å². The first-order valence-electron chi connectivity index (χ1n) is 7.02. The summed E-state index contributed by atoms with van der Waals surface area (Å²) in [4.78, 5) is 35.8. The van der Waals surface area contributed by atoms with Crippen LogP contribution in [0.3, 0.4) is 0 Å². The second kappa shape index (κ2) is 9.16. The average molecular weight is 327 g/mol. The topological polar surface area (TPSA) is 96.5 Å². The van der Waals surface area contributed by atoms with Gasteiger partial charge in [0.25, 0.3) is 0 Å². The average Bonchev–Trinajstić information content (AvgIpc) is 2.90. The molecule has 0 aliphatic heterocycles. The monoisotopic (exact) mass is 327 g/mol. The van der Waals surface area contributed by atoms with Gasteiger partial charge in [-0.15, -0.1) is 11.3 Å². The van der Waals surface area contributed by atoms with Crippen LogP contribution in [0.4, 0.5) is 5.00 Å². The predicted molar refractivity (Wildman–Crippen MR) is 85.2 cm³/mol. The number of thiophene rings is 1. The minimum atomic E-state index is -0.452. The van der Waals surface area contributed by atoms with E-state index >= 15 is 0 Å². The number of nitrogens with one attached hydrogen (secondary N) is 3. The molecule has 0 unspecified atom stereocenters. The number of aryl methyl sites for hydroxylation is 1. The maximum atomic E-state index is 11.9. The summed E-state index contributed by atoms with van der Waals surface area (Å²) >= 11 is 1.35. The van der Waals surface area contributed by atoms with Crippen LogP contribution in [0.5, 0.6) is 0 Å². The Labute approximate surface area is 133 Å². The van der Waals surface area contributed by atoms with Gasteiger partial charge < -0.3 is 15.4 Å². The van der Waals surface area contributed by atoms with Crippen LogP contribution in [0.2, 0.25) is 0 Å². The third kappa shape index (κ3) is 5.45. The zero-order valence-electron chi connectivity index (χ0n) is 12.9. The Morgan fingerprint density at radius 1 is 1.18 bits per heavy atom. The molecular formula is C14H21N3O4S. The molecule has 0 bridgehead atoms. The van der Waals surface area contributed by atoms with Crippen LogP contribution in [0.1, 0.15) is 29.1 Å². The van der Waals surface area contributed by atoms with Gasteiger partial charge >= 0.3 is 5.97 Å². The molecule has 3 N–H and O–H groups in total. The smallest absolute Gasteiger partial charge is 0.341 e. The van der Waals surface area contributed by atoms with Gasteiger partial charge in [-0.3, -0.25) is 14.9 Å². The molecule has 0 fully saturated rings. The summed E-state index contributed by atoms with van der Waals surface area (Å²) in [6.45, 7) is 4.01. The van der Waals surface area contributed by atoms with E-state index < -0.39 is 5.97 Å². The molecule has 0 radical (unpaired) electrons. The zero-order valence-corrected chi connectivity index (χ0v) is 13.8. The van der Waals surface area contributed by atoms with Crippen LogP contribution < -0.4 is 16.0 Å². The van der Waals surface area contributed by atoms with Crippen molar-refractivity contribution < 1.29 is 19.1 Å². The van der Waals surface area contributed by atoms with Crippen LogP contribution in [0.15, 0.2) is 6.07 Å². The largest absolute Gasteiger partial charge is 0.462 e. The number of carbonyl (C=O) groups is 3. The first kappa shape index (κ1) is 18.1. The lowest BCUT2D eigenvalue weighted by Crippen LogP contribution is -2.36. The van der Waals surface area contributed by atoms with Crippen molar-refractivity contribution in [3.05, 3.63) is 16.5 Å². The van der Waals surface area contributed by atoms with Gasteiger partial charge in [0.15, 0.2) is 0 Å². The minimum Gasteiger partial charge on any atom is -0.462 e. The van der Waals surface area contributed by atoms with Crippen molar-refractivity contribution in [2.24, 2.45) is 0 Å². The second-order valence-corrected chi connectivity index (χ2v) is 5.49. The Hall–Kier alpha value is -1.93. The van der Waals surface area contributed by atoms with Gasteiger partial charge in [0.2, 0.25) is 11.8 Å². The number of esters is 1. The lowest BCUT2D eigenvalue weighted by molar-refractivity contribution is -0.120. The van der Waals surface area contributed by atoms with Crippen molar-refractivity contribution in [1.29, 1.82) is 0 Å². The summed E-state index contributed by atoms with van der Waals surface area (Å²) in [6, 6.07) is 1.73. The molecule has 1 aromatic rings. The molecule has 0 aromatic carbocycles. The molecule has 8 heteroatoms. The van der Waals surface area contributed by atoms with E-state index in [1.807, 2.05) is 6.92 Å². The number of likely N-dealkylation sites (N-methyl/N-ethyl adjacent to an activating group) is 1. The van der Waals surface area contributed by atoms with Crippen LogP contribution in [-0.4, -0.2) is 44.5 Å². The Morgan fingerprint density at radius 3 is 2.45 bits per heavy atom. The Morgan fingerprint density at radius 2 is 1.86 bits per heavy atom. The molecule has 22 heavy (non-hydrogen) atoms. The second-order valence-electron chi connectivity index (χ2n) is 4.35. The van der Waals surface area contributed by atoms with E-state index in [-0.39, 0.29) is 31.5 Å². The Kier molecular flexibility index (Phi) is 7.55. The maximum Gasteiger partial charge on any atom is 0.341 e. The lowest BCUT2D eigenvalue weighted by atomic mass is 10.2. The highest BCUT2D eigenvalue weighted by atomic mass is 32.1. The third-order valence-electron chi connectivity index (χ3n) is 2.73. The minimum absolute atomic E-state index is 0.0188. The first-order valence-corrected chi connectivity index (χ1v) is 7.84. The van der Waals surface area contributed by atoms with Crippen LogP contribution >= 0.6 is 11.3 Å². The summed E-state index contributed by atoms with van der Waals surface area (Å²) in [7, 11) is 1.52. The highest BCUT2D eigenvalue weighted by Crippen LogP contribution is 2.29. The van der Waals surface area contributed by atoms with E-state index in [4.69, 9.17) is 4.74 Å². The predicted octanol–water partition coefficient (Wildman–Crippen LogP) is 0.761. The summed E-state index contributed by atoms with van der Waals surface area (Å²) in [5.74, 6) is -0.976. The molecule has 122 valence electrons. The highest BCUT2D eigenvalue weighted by Gasteiger charge is 2.18. The molecule has 7 nitrogen and oxygen atoms in total. The molecule has 2 amide bonds. The number of amides is 2. The fraction of sp³-hybridized carbons (Fsp3) is 0.500. The first-order chi connectivity index (χ1) is 10.5. The van der Waals surface area contributed by atoms with Crippen molar-refractivity contribution in [3.63, 3.8) is 0 Å². The number of carbonyl (C=O) groups excluding carboxylic acids is 3. The van der Waals surface area contributed by atoms with Crippen molar-refractivity contribution in [3.8, 4) is 0 Å². The summed E-state index contributed by atoms with van der Waals surface area (Å²) in [5, 5.41) is 8.32. The molecule has 0 aliphatic carbocycles. The summed E-state index contributed by atoms with van der Waals surface area (Å²) < 4.78 is 4.98. The van der Waals surface area contributed by atoms with Gasteiger partial charge in [0.1, 0.15) is 5.00 Å². The Bertz CT molecular complexity index is 542. The van der Waals surface area contributed by atoms with Crippen molar-refractivity contribution >= 4 is 34.1 Å². The molecule has 0 saturated heterocycles. The van der Waals surface area contributed by atoms with E-state index in [1.54, 1.807) is 13.0 Å². The molecule has 1 heterocycles. The lowest BCUT2D eigenvalue weighted by Gasteiger charge is -2.07. The van der Waals surface area contributed by atoms with E-state index in [0.29, 0.717) is 10.6 Å². The standard InChI is InChI=1S/C14H21N3O4S/c1-4-9-6-10(14(20)21-5-2)13(22-9)17-12(19)8-16-7-11(18)15-3/h6,16H,4-5,7-8H2,1-3H3,(H,15,18)(H,17,19). The van der Waals surface area contributed by atoms with E-state index in [2.05, 4.69) is 16.0 Å². The summed E-state index contributed by atoms with van der Waals surface area (Å²) in [6.07, 6.45) is 0.766. The van der Waals surface area contributed by atoms with Crippen molar-refractivity contribution in [2.45, 2.75) is 20.3 Å². The van der Waals surface area contributed by atoms with Crippen molar-refractivity contribution in [2.75, 3.05) is 32.1 Å². The summed E-state index contributed by atoms with van der Waals surface area (Å²) in [5.41, 5.74) is 0.364. The van der Waals surface area contributed by atoms with Crippen LogP contribution in [0, 0.1) is 0 Å². The molecule has 1 aromatic heterocycles. The van der Waals surface area contributed by atoms with E-state index in [0.717, 1.165) is 11.3 Å². The van der Waals surface area contributed by atoms with Crippen molar-refractivity contribution in [1.82, 2.24) is 10.6 Å². The van der Waals surface area contributed by atoms with Gasteiger partial charge in [-0.05, 0) is 19.4 Å². The number of hydrogen-bond donors (Lipinski definition) is 3. The fourth-order valence-electron chi connectivity index (χ4n) is 1.62. The van der Waals surface area contributed by atoms with Gasteiger partial charge in [0.05, 0.1) is 25.3 Å². The van der Waals surface area contributed by atoms with Gasteiger partial charge in [-0.1, -0.05) is 6.92 Å². The molecule has 1 rings (SSSR count). The molecule has 0 aliphatic rings. The maximum absolute atomic E-state index is 11.9. The molecule has 0 saturated carbocycles. The normalized spacial score (nSPS) is 10.1. The number of hydrogen-bond acceptors (Lipinski definition) is 6. The fourth-order valence-corrected chi connectivity index (χ4v) is 2.62. The molecule has 0 atom stereocenters. The number of anilines is 1. The zero-order chi connectivity index (χ0) is 16.5. The molecular weight excluding hydrogens is 306 g/mol. The van der Waals surface area contributed by atoms with Crippen LogP contribution in [0.25, 0.3) is 0 Å².